The van der Waals surface area contributed by atoms with Crippen molar-refractivity contribution in [2.45, 2.75) is 20.0 Å². The van der Waals surface area contributed by atoms with Gasteiger partial charge in [-0.3, -0.25) is 9.69 Å². The molecule has 1 fully saturated rings. The summed E-state index contributed by atoms with van der Waals surface area (Å²) in [5.74, 6) is 1.04. The lowest BCUT2D eigenvalue weighted by molar-refractivity contribution is -0.119. The number of guanidine groups is 1. The third-order valence-electron chi connectivity index (χ3n) is 4.71. The molecular formula is C21H29ClIN5O2S. The molecule has 2 aromatic rings. The van der Waals surface area contributed by atoms with Crippen molar-refractivity contribution in [3.63, 3.8) is 0 Å². The molecule has 1 aliphatic heterocycles. The van der Waals surface area contributed by atoms with Crippen molar-refractivity contribution in [3.05, 3.63) is 51.2 Å². The molecule has 1 amide bonds. The summed E-state index contributed by atoms with van der Waals surface area (Å²) in [4.78, 5) is 21.8. The molecule has 0 atom stereocenters. The Morgan fingerprint density at radius 3 is 2.68 bits per heavy atom. The molecule has 1 aliphatic rings. The minimum Gasteiger partial charge on any atom is -0.484 e. The van der Waals surface area contributed by atoms with Crippen LogP contribution in [-0.4, -0.2) is 61.0 Å². The second kappa shape index (κ2) is 13.1. The fourth-order valence-corrected chi connectivity index (χ4v) is 4.39. The van der Waals surface area contributed by atoms with Gasteiger partial charge in [0.25, 0.3) is 5.91 Å². The number of carbonyl (C=O) groups excluding carboxylic acids is 1. The molecule has 3 rings (SSSR count). The minimum absolute atomic E-state index is 0. The molecule has 10 heteroatoms. The van der Waals surface area contributed by atoms with Gasteiger partial charge in [-0.25, -0.2) is 4.99 Å². The Labute approximate surface area is 209 Å². The maximum Gasteiger partial charge on any atom is 0.255 e. The van der Waals surface area contributed by atoms with Crippen LogP contribution < -0.4 is 15.8 Å². The fraction of sp³-hybridized carbons (Fsp3) is 0.429. The van der Waals surface area contributed by atoms with Crippen LogP contribution in [0.3, 0.4) is 0 Å². The van der Waals surface area contributed by atoms with Crippen LogP contribution >= 0.6 is 46.9 Å². The predicted molar refractivity (Wildman–Crippen MR) is 138 cm³/mol. The summed E-state index contributed by atoms with van der Waals surface area (Å²) in [5, 5.41) is 3.39. The van der Waals surface area contributed by atoms with Crippen LogP contribution in [0, 0.1) is 0 Å². The van der Waals surface area contributed by atoms with Crippen LogP contribution in [-0.2, 0) is 17.9 Å². The second-order valence-corrected chi connectivity index (χ2v) is 8.84. The van der Waals surface area contributed by atoms with Gasteiger partial charge in [0.15, 0.2) is 12.6 Å². The number of hydrogen-bond acceptors (Lipinski definition) is 5. The highest BCUT2D eigenvalue weighted by atomic mass is 127. The molecule has 2 heterocycles. The molecule has 0 spiro atoms. The molecule has 7 nitrogen and oxygen atoms in total. The SMILES string of the molecule is CCNC(=NCc1cccc(OCC(N)=O)c1)N1CCN(Cc2ccc(Cl)s2)CC1.I. The average molecular weight is 578 g/mol. The van der Waals surface area contributed by atoms with Crippen LogP contribution in [0.4, 0.5) is 0 Å². The van der Waals surface area contributed by atoms with Crippen LogP contribution in [0.15, 0.2) is 41.4 Å². The number of nitrogens with two attached hydrogens (primary N) is 1. The van der Waals surface area contributed by atoms with Gasteiger partial charge in [-0.1, -0.05) is 23.7 Å². The smallest absolute Gasteiger partial charge is 0.255 e. The summed E-state index contributed by atoms with van der Waals surface area (Å²) in [6.07, 6.45) is 0. The van der Waals surface area contributed by atoms with E-state index in [1.54, 1.807) is 17.4 Å². The third kappa shape index (κ3) is 8.47. The highest BCUT2D eigenvalue weighted by Crippen LogP contribution is 2.23. The number of primary amides is 1. The van der Waals surface area contributed by atoms with Crippen molar-refractivity contribution in [2.24, 2.45) is 10.7 Å². The minimum atomic E-state index is -0.492. The molecule has 1 saturated heterocycles. The Morgan fingerprint density at radius 2 is 2.03 bits per heavy atom. The number of carbonyl (C=O) groups is 1. The van der Waals surface area contributed by atoms with Crippen LogP contribution in [0.25, 0.3) is 0 Å². The van der Waals surface area contributed by atoms with Gasteiger partial charge in [-0.15, -0.1) is 35.3 Å². The molecule has 3 N–H and O–H groups in total. The van der Waals surface area contributed by atoms with E-state index in [0.29, 0.717) is 12.3 Å². The van der Waals surface area contributed by atoms with E-state index >= 15 is 0 Å². The van der Waals surface area contributed by atoms with E-state index in [1.165, 1.54) is 4.88 Å². The van der Waals surface area contributed by atoms with Gasteiger partial charge in [0.05, 0.1) is 10.9 Å². The van der Waals surface area contributed by atoms with E-state index in [9.17, 15) is 4.79 Å². The van der Waals surface area contributed by atoms with Crippen molar-refractivity contribution in [2.75, 3.05) is 39.3 Å². The van der Waals surface area contributed by atoms with E-state index in [4.69, 9.17) is 27.1 Å². The number of ether oxygens (including phenoxy) is 1. The molecular weight excluding hydrogens is 549 g/mol. The lowest BCUT2D eigenvalue weighted by atomic mass is 10.2. The summed E-state index contributed by atoms with van der Waals surface area (Å²) in [5.41, 5.74) is 6.15. The average Bonchev–Trinajstić information content (AvgIpc) is 3.15. The normalized spacial score (nSPS) is 14.8. The van der Waals surface area contributed by atoms with Crippen molar-refractivity contribution < 1.29 is 9.53 Å². The van der Waals surface area contributed by atoms with E-state index in [1.807, 2.05) is 24.3 Å². The number of piperazine rings is 1. The molecule has 0 aliphatic carbocycles. The van der Waals surface area contributed by atoms with Gasteiger partial charge in [-0.2, -0.15) is 0 Å². The Kier molecular flexibility index (Phi) is 10.9. The Morgan fingerprint density at radius 1 is 1.26 bits per heavy atom. The zero-order valence-corrected chi connectivity index (χ0v) is 21.5. The number of rotatable bonds is 8. The molecule has 1 aromatic heterocycles. The molecule has 0 bridgehead atoms. The lowest BCUT2D eigenvalue weighted by Gasteiger charge is -2.36. The maximum absolute atomic E-state index is 10.9. The first-order valence-electron chi connectivity index (χ1n) is 10.0. The highest BCUT2D eigenvalue weighted by Gasteiger charge is 2.20. The van der Waals surface area contributed by atoms with Gasteiger partial charge in [0.2, 0.25) is 0 Å². The van der Waals surface area contributed by atoms with Crippen molar-refractivity contribution in [1.82, 2.24) is 15.1 Å². The Hall–Kier alpha value is -1.56. The van der Waals surface area contributed by atoms with Crippen molar-refractivity contribution in [3.8, 4) is 5.75 Å². The summed E-state index contributed by atoms with van der Waals surface area (Å²) in [7, 11) is 0. The summed E-state index contributed by atoms with van der Waals surface area (Å²) >= 11 is 7.69. The standard InChI is InChI=1S/C21H28ClN5O2S.HI/c1-2-24-21(25-13-16-4-3-5-17(12-16)29-15-20(23)28)27-10-8-26(9-11-27)14-18-6-7-19(22)30-18;/h3-7,12H,2,8-11,13-15H2,1H3,(H2,23,28)(H,24,25);1H. The maximum atomic E-state index is 10.9. The predicted octanol–water partition coefficient (Wildman–Crippen LogP) is 3.17. The fourth-order valence-electron chi connectivity index (χ4n) is 3.25. The molecule has 1 aromatic carbocycles. The quantitative estimate of drug-likeness (QED) is 0.286. The van der Waals surface area contributed by atoms with Crippen LogP contribution in [0.5, 0.6) is 5.75 Å². The molecule has 0 unspecified atom stereocenters. The Bertz CT molecular complexity index is 871. The first kappa shape index (κ1) is 25.7. The number of halogens is 2. The van der Waals surface area contributed by atoms with Crippen LogP contribution in [0.2, 0.25) is 4.34 Å². The molecule has 0 saturated carbocycles. The number of aliphatic imine (C=N–C) groups is 1. The van der Waals surface area contributed by atoms with Gasteiger partial charge in [-0.05, 0) is 36.8 Å². The lowest BCUT2D eigenvalue weighted by Crippen LogP contribution is -2.52. The number of hydrogen-bond donors (Lipinski definition) is 2. The zero-order chi connectivity index (χ0) is 21.3. The number of nitrogens with zero attached hydrogens (tertiary/aromatic N) is 3. The van der Waals surface area contributed by atoms with E-state index in [-0.39, 0.29) is 30.6 Å². The van der Waals surface area contributed by atoms with Gasteiger partial charge < -0.3 is 20.7 Å². The second-order valence-electron chi connectivity index (χ2n) is 7.04. The monoisotopic (exact) mass is 577 g/mol. The topological polar surface area (TPSA) is 83.2 Å². The summed E-state index contributed by atoms with van der Waals surface area (Å²) in [6, 6.07) is 11.6. The van der Waals surface area contributed by atoms with Crippen LogP contribution in [0.1, 0.15) is 17.4 Å². The van der Waals surface area contributed by atoms with E-state index in [0.717, 1.165) is 55.1 Å². The van der Waals surface area contributed by atoms with Crippen molar-refractivity contribution in [1.29, 1.82) is 0 Å². The van der Waals surface area contributed by atoms with E-state index in [2.05, 4.69) is 28.1 Å². The molecule has 31 heavy (non-hydrogen) atoms. The number of nitrogens with one attached hydrogen (secondary N) is 1. The number of amides is 1. The number of benzene rings is 1. The highest BCUT2D eigenvalue weighted by molar-refractivity contribution is 14.0. The van der Waals surface area contributed by atoms with Gasteiger partial charge >= 0.3 is 0 Å². The van der Waals surface area contributed by atoms with E-state index < -0.39 is 5.91 Å². The summed E-state index contributed by atoms with van der Waals surface area (Å²) < 4.78 is 6.22. The van der Waals surface area contributed by atoms with Gasteiger partial charge in [0.1, 0.15) is 5.75 Å². The molecule has 0 radical (unpaired) electrons. The summed E-state index contributed by atoms with van der Waals surface area (Å²) in [6.45, 7) is 8.05. The Balaban J connectivity index is 0.00000341. The first-order valence-corrected chi connectivity index (χ1v) is 11.2. The molecule has 170 valence electrons. The third-order valence-corrected chi connectivity index (χ3v) is 5.92. The van der Waals surface area contributed by atoms with Crippen molar-refractivity contribution >= 4 is 58.8 Å². The largest absolute Gasteiger partial charge is 0.484 e. The zero-order valence-electron chi connectivity index (χ0n) is 17.6. The number of thiophene rings is 1. The first-order chi connectivity index (χ1) is 14.5. The van der Waals surface area contributed by atoms with Gasteiger partial charge in [0, 0.05) is 44.1 Å².